The molecule has 0 aliphatic heterocycles. The minimum absolute atomic E-state index is 0.0397. The van der Waals surface area contributed by atoms with Gasteiger partial charge >= 0.3 is 10.1 Å². The Morgan fingerprint density at radius 2 is 1.26 bits per heavy atom. The van der Waals surface area contributed by atoms with Crippen LogP contribution >= 0.6 is 0 Å². The molecule has 1 N–H and O–H groups in total. The van der Waals surface area contributed by atoms with Crippen LogP contribution in [0.2, 0.25) is 0 Å². The normalized spacial score (nSPS) is 15.3. The van der Waals surface area contributed by atoms with Crippen molar-refractivity contribution in [1.82, 2.24) is 0 Å². The van der Waals surface area contributed by atoms with Crippen molar-refractivity contribution in [2.24, 2.45) is 0 Å². The van der Waals surface area contributed by atoms with Crippen LogP contribution in [0, 0.1) is 0 Å². The highest BCUT2D eigenvalue weighted by molar-refractivity contribution is 7.87. The fourth-order valence-corrected chi connectivity index (χ4v) is 7.23. The Morgan fingerprint density at radius 3 is 1.71 bits per heavy atom. The fourth-order valence-electron chi connectivity index (χ4n) is 4.81. The maximum atomic E-state index is 13.9. The van der Waals surface area contributed by atoms with Crippen molar-refractivity contribution in [3.8, 4) is 5.75 Å². The van der Waals surface area contributed by atoms with Crippen molar-refractivity contribution in [2.75, 3.05) is 0 Å². The molecule has 0 spiro atoms. The monoisotopic (exact) mass is 522 g/mol. The molecule has 3 rings (SSSR count). The van der Waals surface area contributed by atoms with Gasteiger partial charge in [0, 0.05) is 5.56 Å². The zero-order valence-electron chi connectivity index (χ0n) is 21.6. The third-order valence-electron chi connectivity index (χ3n) is 6.76. The van der Waals surface area contributed by atoms with Gasteiger partial charge in [0.2, 0.25) is 0 Å². The second kappa shape index (κ2) is 10.6. The molecule has 0 saturated carbocycles. The lowest BCUT2D eigenvalue weighted by molar-refractivity contribution is 0.472. The Hall–Kier alpha value is -1.90. The van der Waals surface area contributed by atoms with Gasteiger partial charge in [0.1, 0.15) is 10.6 Å². The Balaban J connectivity index is 2.22. The molecule has 1 aliphatic rings. The molecule has 35 heavy (non-hydrogen) atoms. The minimum atomic E-state index is -4.44. The lowest BCUT2D eigenvalue weighted by Crippen LogP contribution is -2.19. The molecule has 0 saturated heterocycles. The van der Waals surface area contributed by atoms with Gasteiger partial charge in [-0.25, -0.2) is 0 Å². The zero-order chi connectivity index (χ0) is 26.1. The van der Waals surface area contributed by atoms with Gasteiger partial charge < -0.3 is 4.18 Å². The lowest BCUT2D eigenvalue weighted by Gasteiger charge is -2.24. The molecule has 2 aromatic rings. The van der Waals surface area contributed by atoms with E-state index in [-0.39, 0.29) is 33.3 Å². The molecule has 0 bridgehead atoms. The first-order chi connectivity index (χ1) is 16.2. The molecule has 0 aromatic heterocycles. The highest BCUT2D eigenvalue weighted by Crippen LogP contribution is 2.39. The van der Waals surface area contributed by atoms with Crippen LogP contribution in [0.4, 0.5) is 0 Å². The maximum Gasteiger partial charge on any atom is 0.339 e. The van der Waals surface area contributed by atoms with Gasteiger partial charge in [0.05, 0.1) is 4.90 Å². The summed E-state index contributed by atoms with van der Waals surface area (Å²) >= 11 is 0. The minimum Gasteiger partial charge on any atom is -0.379 e. The van der Waals surface area contributed by atoms with E-state index in [9.17, 15) is 21.4 Å². The van der Waals surface area contributed by atoms with Crippen molar-refractivity contribution in [3.63, 3.8) is 0 Å². The van der Waals surface area contributed by atoms with Gasteiger partial charge in [0.15, 0.2) is 0 Å². The Kier molecular flexibility index (Phi) is 8.39. The van der Waals surface area contributed by atoms with Crippen LogP contribution in [0.1, 0.15) is 113 Å². The summed E-state index contributed by atoms with van der Waals surface area (Å²) in [6.07, 6.45) is 4.40. The quantitative estimate of drug-likeness (QED) is 0.320. The second-order valence-electron chi connectivity index (χ2n) is 10.4. The molecule has 0 amide bonds. The number of benzene rings is 2. The van der Waals surface area contributed by atoms with Gasteiger partial charge in [-0.15, -0.1) is 0 Å². The molecule has 0 atom stereocenters. The van der Waals surface area contributed by atoms with Crippen molar-refractivity contribution < 1.29 is 25.6 Å². The Labute approximate surface area is 211 Å². The molecule has 194 valence electrons. The van der Waals surface area contributed by atoms with Crippen LogP contribution in [-0.4, -0.2) is 21.4 Å². The summed E-state index contributed by atoms with van der Waals surface area (Å²) in [7, 11) is -8.66. The molecule has 8 heteroatoms. The molecular weight excluding hydrogens is 484 g/mol. The van der Waals surface area contributed by atoms with Crippen LogP contribution in [0.15, 0.2) is 34.1 Å². The van der Waals surface area contributed by atoms with Crippen LogP contribution in [-0.2, 0) is 33.1 Å². The van der Waals surface area contributed by atoms with E-state index in [1.165, 1.54) is 12.1 Å². The van der Waals surface area contributed by atoms with Crippen LogP contribution in [0.25, 0.3) is 0 Å². The van der Waals surface area contributed by atoms with Gasteiger partial charge in [-0.1, -0.05) is 66.5 Å². The first kappa shape index (κ1) is 27.7. The van der Waals surface area contributed by atoms with E-state index < -0.39 is 20.2 Å². The zero-order valence-corrected chi connectivity index (χ0v) is 23.2. The third kappa shape index (κ3) is 6.09. The molecule has 0 unspecified atom stereocenters. The van der Waals surface area contributed by atoms with Crippen molar-refractivity contribution in [2.45, 2.75) is 108 Å². The Bertz CT molecular complexity index is 1260. The molecule has 1 aliphatic carbocycles. The number of hydrogen-bond acceptors (Lipinski definition) is 5. The van der Waals surface area contributed by atoms with E-state index in [1.54, 1.807) is 0 Å². The third-order valence-corrected chi connectivity index (χ3v) is 9.06. The maximum absolute atomic E-state index is 13.9. The summed E-state index contributed by atoms with van der Waals surface area (Å²) in [6.45, 7) is 12.1. The molecule has 0 fully saturated rings. The first-order valence-electron chi connectivity index (χ1n) is 12.5. The molecule has 2 aromatic carbocycles. The standard InChI is InChI=1S/C27H38O6S2/c1-17(2)20-15-23(18(3)4)27(24(16-20)19(5)6)35(31,32)33-25-13-14-26(34(28,29)30)22-12-10-8-7-9-11-21(22)25/h13-19H,7-12H2,1-6H3,(H,28,29,30). The molecular formula is C27H38O6S2. The number of hydrogen-bond donors (Lipinski definition) is 1. The smallest absolute Gasteiger partial charge is 0.339 e. The van der Waals surface area contributed by atoms with E-state index in [0.29, 0.717) is 24.0 Å². The summed E-state index contributed by atoms with van der Waals surface area (Å²) in [5.74, 6) is 0.311. The molecule has 0 heterocycles. The van der Waals surface area contributed by atoms with Crippen LogP contribution < -0.4 is 4.18 Å². The van der Waals surface area contributed by atoms with Gasteiger partial charge in [-0.05, 0) is 77.8 Å². The lowest BCUT2D eigenvalue weighted by atomic mass is 9.89. The van der Waals surface area contributed by atoms with Crippen molar-refractivity contribution in [3.05, 3.63) is 52.1 Å². The fraction of sp³-hybridized carbons (Fsp3) is 0.556. The van der Waals surface area contributed by atoms with Gasteiger partial charge in [0.25, 0.3) is 10.1 Å². The van der Waals surface area contributed by atoms with Crippen LogP contribution in [0.3, 0.4) is 0 Å². The number of fused-ring (bicyclic) bond motifs is 1. The average Bonchev–Trinajstić information content (AvgIpc) is 2.72. The average molecular weight is 523 g/mol. The largest absolute Gasteiger partial charge is 0.379 e. The second-order valence-corrected chi connectivity index (χ2v) is 13.3. The summed E-state index contributed by atoms with van der Waals surface area (Å²) in [5, 5.41) is 0. The van der Waals surface area contributed by atoms with E-state index in [0.717, 1.165) is 42.4 Å². The highest BCUT2D eigenvalue weighted by Gasteiger charge is 2.31. The van der Waals surface area contributed by atoms with E-state index in [4.69, 9.17) is 4.18 Å². The number of rotatable bonds is 7. The van der Waals surface area contributed by atoms with Gasteiger partial charge in [-0.2, -0.15) is 16.8 Å². The van der Waals surface area contributed by atoms with Crippen molar-refractivity contribution in [1.29, 1.82) is 0 Å². The molecule has 6 nitrogen and oxygen atoms in total. The molecule has 0 radical (unpaired) electrons. The topological polar surface area (TPSA) is 97.7 Å². The van der Waals surface area contributed by atoms with Crippen LogP contribution in [0.5, 0.6) is 5.75 Å². The highest BCUT2D eigenvalue weighted by atomic mass is 32.2. The predicted octanol–water partition coefficient (Wildman–Crippen LogP) is 6.73. The predicted molar refractivity (Wildman–Crippen MR) is 139 cm³/mol. The first-order valence-corrected chi connectivity index (χ1v) is 15.3. The van der Waals surface area contributed by atoms with E-state index >= 15 is 0 Å². The SMILES string of the molecule is CC(C)c1cc(C(C)C)c(S(=O)(=O)Oc2ccc(S(=O)(=O)O)c3c2CCCCCC3)c(C(C)C)c1. The van der Waals surface area contributed by atoms with Crippen molar-refractivity contribution >= 4 is 20.2 Å². The summed E-state index contributed by atoms with van der Waals surface area (Å²) < 4.78 is 67.4. The Morgan fingerprint density at radius 1 is 0.743 bits per heavy atom. The summed E-state index contributed by atoms with van der Waals surface area (Å²) in [6, 6.07) is 6.55. The summed E-state index contributed by atoms with van der Waals surface area (Å²) in [5.41, 5.74) is 3.54. The van der Waals surface area contributed by atoms with E-state index in [1.807, 2.05) is 39.8 Å². The van der Waals surface area contributed by atoms with E-state index in [2.05, 4.69) is 13.8 Å². The summed E-state index contributed by atoms with van der Waals surface area (Å²) in [4.78, 5) is 0.0384. The van der Waals surface area contributed by atoms with Gasteiger partial charge in [-0.3, -0.25) is 4.55 Å².